The third-order valence-corrected chi connectivity index (χ3v) is 9.96. The molecule has 1 fully saturated rings. The van der Waals surface area contributed by atoms with Gasteiger partial charge < -0.3 is 10.2 Å². The summed E-state index contributed by atoms with van der Waals surface area (Å²) in [6, 6.07) is 20.9. The van der Waals surface area contributed by atoms with Crippen LogP contribution in [0.2, 0.25) is 5.02 Å². The van der Waals surface area contributed by atoms with E-state index in [-0.39, 0.29) is 23.2 Å². The highest BCUT2D eigenvalue weighted by Gasteiger charge is 2.24. The van der Waals surface area contributed by atoms with Crippen molar-refractivity contribution in [2.75, 3.05) is 55.0 Å². The van der Waals surface area contributed by atoms with Crippen LogP contribution in [0.15, 0.2) is 77.7 Å². The maximum Gasteiger partial charge on any atom is 0.264 e. The number of thiazole rings is 1. The van der Waals surface area contributed by atoms with Gasteiger partial charge in [-0.1, -0.05) is 41.1 Å². The van der Waals surface area contributed by atoms with Gasteiger partial charge in [-0.25, -0.2) is 13.4 Å². The average molecular weight is 621 g/mol. The second-order valence-electron chi connectivity index (χ2n) is 9.22. The maximum absolute atomic E-state index is 13.2. The van der Waals surface area contributed by atoms with Crippen LogP contribution in [-0.4, -0.2) is 70.0 Å². The molecule has 0 atom stereocenters. The summed E-state index contributed by atoms with van der Waals surface area (Å²) >= 11 is 7.77. The first-order valence-corrected chi connectivity index (χ1v) is 15.5. The molecule has 1 aromatic heterocycles. The van der Waals surface area contributed by atoms with E-state index in [1.807, 2.05) is 24.3 Å². The van der Waals surface area contributed by atoms with Crippen LogP contribution >= 0.6 is 35.3 Å². The Morgan fingerprint density at radius 3 is 2.40 bits per heavy atom. The van der Waals surface area contributed by atoms with Gasteiger partial charge in [-0.15, -0.1) is 12.4 Å². The Hall–Kier alpha value is -2.89. The molecule has 3 aromatic carbocycles. The number of halogens is 2. The quantitative estimate of drug-likeness (QED) is 0.279. The third kappa shape index (κ3) is 6.70. The fraction of sp³-hybridized carbons (Fsp3) is 0.286. The van der Waals surface area contributed by atoms with Crippen molar-refractivity contribution in [1.82, 2.24) is 15.2 Å². The molecule has 1 aliphatic heterocycles. The Balaban J connectivity index is 0.00000370. The Labute approximate surface area is 250 Å². The number of carbonyl (C=O) groups is 1. The second-order valence-corrected chi connectivity index (χ2v) is 12.5. The minimum absolute atomic E-state index is 0. The molecule has 0 radical (unpaired) electrons. The van der Waals surface area contributed by atoms with Crippen molar-refractivity contribution in [2.24, 2.45) is 0 Å². The van der Waals surface area contributed by atoms with Crippen LogP contribution in [0.5, 0.6) is 0 Å². The van der Waals surface area contributed by atoms with Gasteiger partial charge in [0.15, 0.2) is 5.13 Å². The molecule has 1 aliphatic rings. The summed E-state index contributed by atoms with van der Waals surface area (Å²) < 4.78 is 28.8. The van der Waals surface area contributed by atoms with Gasteiger partial charge in [0.2, 0.25) is 0 Å². The molecule has 4 aromatic rings. The largest absolute Gasteiger partial charge is 0.351 e. The predicted octanol–water partition coefficient (Wildman–Crippen LogP) is 5.14. The molecule has 1 N–H and O–H groups in total. The van der Waals surface area contributed by atoms with Gasteiger partial charge in [0.25, 0.3) is 15.9 Å². The molecule has 40 heavy (non-hydrogen) atoms. The monoisotopic (exact) mass is 619 g/mol. The normalized spacial score (nSPS) is 14.1. The summed E-state index contributed by atoms with van der Waals surface area (Å²) in [6.45, 7) is 6.86. The molecule has 1 amide bonds. The molecule has 0 aliphatic carbocycles. The zero-order valence-electron chi connectivity index (χ0n) is 22.0. The van der Waals surface area contributed by atoms with E-state index in [2.05, 4.69) is 15.1 Å². The van der Waals surface area contributed by atoms with E-state index in [0.29, 0.717) is 24.3 Å². The van der Waals surface area contributed by atoms with Gasteiger partial charge in [0.05, 0.1) is 20.8 Å². The fourth-order valence-electron chi connectivity index (χ4n) is 4.61. The number of benzene rings is 3. The number of para-hydroxylation sites is 1. The number of sulfonamides is 1. The van der Waals surface area contributed by atoms with Crippen LogP contribution in [0.25, 0.3) is 10.2 Å². The molecule has 5 rings (SSSR count). The highest BCUT2D eigenvalue weighted by Crippen LogP contribution is 2.31. The molecule has 0 spiro atoms. The Kier molecular flexibility index (Phi) is 9.91. The first-order valence-electron chi connectivity index (χ1n) is 12.8. The number of hydrogen-bond donors (Lipinski definition) is 1. The molecule has 8 nitrogen and oxygen atoms in total. The third-order valence-electron chi connectivity index (χ3n) is 6.73. The lowest BCUT2D eigenvalue weighted by Gasteiger charge is -2.34. The topological polar surface area (TPSA) is 85.8 Å². The number of piperazine rings is 1. The van der Waals surface area contributed by atoms with Gasteiger partial charge in [-0.3, -0.25) is 14.0 Å². The summed E-state index contributed by atoms with van der Waals surface area (Å²) in [7, 11) is -3.73. The Bertz CT molecular complexity index is 1540. The van der Waals surface area contributed by atoms with Crippen LogP contribution in [0.4, 0.5) is 10.8 Å². The number of amides is 1. The van der Waals surface area contributed by atoms with Crippen molar-refractivity contribution in [1.29, 1.82) is 0 Å². The van der Waals surface area contributed by atoms with Gasteiger partial charge in [-0.2, -0.15) is 0 Å². The van der Waals surface area contributed by atoms with Gasteiger partial charge >= 0.3 is 0 Å². The summed E-state index contributed by atoms with van der Waals surface area (Å²) in [5, 5.41) is 4.68. The van der Waals surface area contributed by atoms with Crippen LogP contribution in [-0.2, 0) is 10.0 Å². The van der Waals surface area contributed by atoms with Gasteiger partial charge in [-0.05, 0) is 61.5 Å². The Morgan fingerprint density at radius 2 is 1.73 bits per heavy atom. The van der Waals surface area contributed by atoms with E-state index in [0.717, 1.165) is 53.1 Å². The molecule has 0 saturated carbocycles. The lowest BCUT2D eigenvalue weighted by molar-refractivity contribution is 0.0947. The molecule has 0 bridgehead atoms. The Morgan fingerprint density at radius 1 is 1.02 bits per heavy atom. The van der Waals surface area contributed by atoms with Crippen LogP contribution in [0, 0.1) is 0 Å². The zero-order chi connectivity index (χ0) is 27.4. The maximum atomic E-state index is 13.2. The smallest absolute Gasteiger partial charge is 0.264 e. The lowest BCUT2D eigenvalue weighted by atomic mass is 10.2. The van der Waals surface area contributed by atoms with Crippen LogP contribution in [0.1, 0.15) is 17.3 Å². The van der Waals surface area contributed by atoms with E-state index in [1.165, 1.54) is 16.4 Å². The number of carbonyl (C=O) groups excluding carboxylic acids is 1. The zero-order valence-corrected chi connectivity index (χ0v) is 25.2. The van der Waals surface area contributed by atoms with Gasteiger partial charge in [0.1, 0.15) is 0 Å². The first-order chi connectivity index (χ1) is 18.8. The highest BCUT2D eigenvalue weighted by atomic mass is 35.5. The van der Waals surface area contributed by atoms with E-state index in [1.54, 1.807) is 54.7 Å². The van der Waals surface area contributed by atoms with Crippen molar-refractivity contribution < 1.29 is 13.2 Å². The van der Waals surface area contributed by atoms with Crippen LogP contribution < -0.4 is 14.5 Å². The predicted molar refractivity (Wildman–Crippen MR) is 166 cm³/mol. The fourth-order valence-corrected chi connectivity index (χ4v) is 7.37. The van der Waals surface area contributed by atoms with E-state index in [4.69, 9.17) is 16.6 Å². The number of nitrogens with one attached hydrogen (secondary N) is 1. The minimum Gasteiger partial charge on any atom is -0.351 e. The number of anilines is 2. The highest BCUT2D eigenvalue weighted by molar-refractivity contribution is 7.92. The molecular weight excluding hydrogens is 589 g/mol. The molecule has 0 unspecified atom stereocenters. The SMILES string of the molecule is CCN(c1ccccc1)S(=O)(=O)c1ccc(C(=O)NCCN2CCN(c3nc4ccc(Cl)cc4s3)CC2)cc1.Cl. The number of aromatic nitrogens is 1. The average Bonchev–Trinajstić information content (AvgIpc) is 3.37. The van der Waals surface area contributed by atoms with Crippen molar-refractivity contribution in [3.8, 4) is 0 Å². The summed E-state index contributed by atoms with van der Waals surface area (Å²) in [4.78, 5) is 22.2. The second kappa shape index (κ2) is 13.2. The minimum atomic E-state index is -3.73. The van der Waals surface area contributed by atoms with Gasteiger partial charge in [0, 0.05) is 56.4 Å². The lowest BCUT2D eigenvalue weighted by Crippen LogP contribution is -2.48. The van der Waals surface area contributed by atoms with E-state index >= 15 is 0 Å². The van der Waals surface area contributed by atoms with Crippen LogP contribution in [0.3, 0.4) is 0 Å². The van der Waals surface area contributed by atoms with Crippen molar-refractivity contribution in [3.05, 3.63) is 83.4 Å². The molecular formula is C28H31Cl2N5O3S2. The number of fused-ring (bicyclic) bond motifs is 1. The molecule has 1 saturated heterocycles. The van der Waals surface area contributed by atoms with Crippen molar-refractivity contribution in [3.63, 3.8) is 0 Å². The number of rotatable bonds is 9. The first kappa shape index (κ1) is 30.1. The summed E-state index contributed by atoms with van der Waals surface area (Å²) in [6.07, 6.45) is 0. The molecule has 2 heterocycles. The van der Waals surface area contributed by atoms with E-state index < -0.39 is 10.0 Å². The molecule has 212 valence electrons. The molecule has 12 heteroatoms. The number of hydrogen-bond acceptors (Lipinski definition) is 7. The summed E-state index contributed by atoms with van der Waals surface area (Å²) in [5.74, 6) is -0.221. The van der Waals surface area contributed by atoms with Crippen molar-refractivity contribution in [2.45, 2.75) is 11.8 Å². The van der Waals surface area contributed by atoms with E-state index in [9.17, 15) is 13.2 Å². The summed E-state index contributed by atoms with van der Waals surface area (Å²) in [5.41, 5.74) is 2.00. The van der Waals surface area contributed by atoms with Crippen molar-refractivity contribution >= 4 is 72.3 Å². The standard InChI is InChI=1S/C28H30ClN5O3S2.ClH/c1-2-34(23-6-4-3-5-7-23)39(36,37)24-11-8-21(9-12-24)27(35)30-14-15-32-16-18-33(19-17-32)28-31-25-13-10-22(29)20-26(25)38-28;/h3-13,20H,2,14-19H2,1H3,(H,30,35);1H. The number of nitrogens with zero attached hydrogens (tertiary/aromatic N) is 4.